The third kappa shape index (κ3) is 2.69. The summed E-state index contributed by atoms with van der Waals surface area (Å²) in [4.78, 5) is 0. The van der Waals surface area contributed by atoms with Crippen molar-refractivity contribution in [2.45, 2.75) is 50.3 Å². The normalized spacial score (nSPS) is 34.2. The number of hydrogen-bond donors (Lipinski definition) is 2. The van der Waals surface area contributed by atoms with E-state index in [4.69, 9.17) is 4.74 Å². The first kappa shape index (κ1) is 13.1. The zero-order valence-corrected chi connectivity index (χ0v) is 11.6. The summed E-state index contributed by atoms with van der Waals surface area (Å²) in [5.41, 5.74) is 1.73. The second kappa shape index (κ2) is 5.23. The summed E-state index contributed by atoms with van der Waals surface area (Å²) in [7, 11) is 0. The Morgan fingerprint density at radius 2 is 1.84 bits per heavy atom. The number of ether oxygens (including phenoxy) is 1. The van der Waals surface area contributed by atoms with E-state index >= 15 is 0 Å². The topological polar surface area (TPSA) is 41.5 Å². The molecule has 0 amide bonds. The van der Waals surface area contributed by atoms with Crippen molar-refractivity contribution in [3.05, 3.63) is 35.4 Å². The molecule has 2 heterocycles. The predicted octanol–water partition coefficient (Wildman–Crippen LogP) is 1.98. The average Bonchev–Trinajstić information content (AvgIpc) is 2.39. The van der Waals surface area contributed by atoms with Gasteiger partial charge in [-0.1, -0.05) is 37.6 Å². The zero-order valence-electron chi connectivity index (χ0n) is 11.6. The molecule has 3 heteroatoms. The Balaban J connectivity index is 1.79. The molecule has 2 bridgehead atoms. The minimum absolute atomic E-state index is 0.285. The molecule has 0 spiro atoms. The van der Waals surface area contributed by atoms with Gasteiger partial charge in [-0.2, -0.15) is 0 Å². The minimum Gasteiger partial charge on any atom is -0.385 e. The summed E-state index contributed by atoms with van der Waals surface area (Å²) in [5.74, 6) is 0. The van der Waals surface area contributed by atoms with Crippen LogP contribution in [-0.2, 0) is 16.8 Å². The van der Waals surface area contributed by atoms with Gasteiger partial charge in [-0.15, -0.1) is 0 Å². The van der Waals surface area contributed by atoms with E-state index in [1.807, 2.05) is 0 Å². The molecule has 3 rings (SSSR count). The molecule has 3 nitrogen and oxygen atoms in total. The van der Waals surface area contributed by atoms with Crippen LogP contribution in [0.5, 0.6) is 0 Å². The van der Waals surface area contributed by atoms with Gasteiger partial charge in [-0.25, -0.2) is 0 Å². The number of benzene rings is 1. The SMILES string of the molecule is CCCc1ccc(C2(O)CC3COCC(C2)N3)cc1. The van der Waals surface area contributed by atoms with Crippen LogP contribution in [-0.4, -0.2) is 30.4 Å². The number of fused-ring (bicyclic) bond motifs is 2. The summed E-state index contributed by atoms with van der Waals surface area (Å²) in [6.45, 7) is 3.62. The van der Waals surface area contributed by atoms with Crippen LogP contribution in [0.25, 0.3) is 0 Å². The summed E-state index contributed by atoms with van der Waals surface area (Å²) in [6.07, 6.45) is 3.77. The largest absolute Gasteiger partial charge is 0.385 e. The lowest BCUT2D eigenvalue weighted by Crippen LogP contribution is -2.58. The van der Waals surface area contributed by atoms with E-state index < -0.39 is 5.60 Å². The molecular formula is C16H23NO2. The van der Waals surface area contributed by atoms with Gasteiger partial charge >= 0.3 is 0 Å². The molecule has 2 N–H and O–H groups in total. The predicted molar refractivity (Wildman–Crippen MR) is 75.1 cm³/mol. The van der Waals surface area contributed by atoms with Gasteiger partial charge in [-0.05, 0) is 30.4 Å². The standard InChI is InChI=1S/C16H23NO2/c1-2-3-12-4-6-13(7-5-12)16(18)8-14-10-19-11-15(9-16)17-14/h4-7,14-15,17-18H,2-3,8-11H2,1H3. The fourth-order valence-electron chi connectivity index (χ4n) is 3.42. The highest BCUT2D eigenvalue weighted by atomic mass is 16.5. The van der Waals surface area contributed by atoms with Crippen LogP contribution < -0.4 is 5.32 Å². The Kier molecular flexibility index (Phi) is 3.61. The Morgan fingerprint density at radius 1 is 1.21 bits per heavy atom. The third-order valence-corrected chi connectivity index (χ3v) is 4.31. The first-order valence-corrected chi connectivity index (χ1v) is 7.35. The number of piperidine rings is 1. The van der Waals surface area contributed by atoms with Crippen LogP contribution >= 0.6 is 0 Å². The molecule has 0 aromatic heterocycles. The number of aliphatic hydroxyl groups is 1. The van der Waals surface area contributed by atoms with E-state index in [1.54, 1.807) is 0 Å². The highest BCUT2D eigenvalue weighted by molar-refractivity contribution is 5.28. The van der Waals surface area contributed by atoms with Crippen molar-refractivity contribution in [3.63, 3.8) is 0 Å². The monoisotopic (exact) mass is 261 g/mol. The molecule has 2 atom stereocenters. The third-order valence-electron chi connectivity index (χ3n) is 4.31. The van der Waals surface area contributed by atoms with Gasteiger partial charge in [0, 0.05) is 12.1 Å². The smallest absolute Gasteiger partial charge is 0.0927 e. The summed E-state index contributed by atoms with van der Waals surface area (Å²) in [6, 6.07) is 9.09. The van der Waals surface area contributed by atoms with Crippen molar-refractivity contribution in [2.75, 3.05) is 13.2 Å². The van der Waals surface area contributed by atoms with Crippen LogP contribution in [0.15, 0.2) is 24.3 Å². The highest BCUT2D eigenvalue weighted by Crippen LogP contribution is 2.36. The summed E-state index contributed by atoms with van der Waals surface area (Å²) >= 11 is 0. The summed E-state index contributed by atoms with van der Waals surface area (Å²) < 4.78 is 5.54. The molecule has 1 aromatic carbocycles. The van der Waals surface area contributed by atoms with Gasteiger partial charge in [-0.3, -0.25) is 0 Å². The van der Waals surface area contributed by atoms with Crippen molar-refractivity contribution in [1.82, 2.24) is 5.32 Å². The lowest BCUT2D eigenvalue weighted by atomic mass is 9.78. The van der Waals surface area contributed by atoms with Crippen molar-refractivity contribution in [2.24, 2.45) is 0 Å². The first-order chi connectivity index (χ1) is 9.19. The van der Waals surface area contributed by atoms with Gasteiger partial charge in [0.2, 0.25) is 0 Å². The van der Waals surface area contributed by atoms with E-state index in [9.17, 15) is 5.11 Å². The van der Waals surface area contributed by atoms with Gasteiger partial charge in [0.1, 0.15) is 0 Å². The maximum absolute atomic E-state index is 11.0. The Labute approximate surface area is 115 Å². The summed E-state index contributed by atoms with van der Waals surface area (Å²) in [5, 5.41) is 14.5. The molecule has 2 fully saturated rings. The second-order valence-corrected chi connectivity index (χ2v) is 5.98. The van der Waals surface area contributed by atoms with E-state index in [2.05, 4.69) is 36.5 Å². The molecule has 2 saturated heterocycles. The Morgan fingerprint density at radius 3 is 2.42 bits per heavy atom. The van der Waals surface area contributed by atoms with Crippen molar-refractivity contribution in [3.8, 4) is 0 Å². The molecule has 2 aliphatic heterocycles. The lowest BCUT2D eigenvalue weighted by Gasteiger charge is -2.45. The van der Waals surface area contributed by atoms with Crippen molar-refractivity contribution >= 4 is 0 Å². The van der Waals surface area contributed by atoms with Gasteiger partial charge in [0.05, 0.1) is 18.8 Å². The fourth-order valence-corrected chi connectivity index (χ4v) is 3.42. The van der Waals surface area contributed by atoms with Crippen molar-refractivity contribution in [1.29, 1.82) is 0 Å². The molecular weight excluding hydrogens is 238 g/mol. The zero-order chi connectivity index (χ0) is 13.3. The van der Waals surface area contributed by atoms with Crippen LogP contribution in [0.1, 0.15) is 37.3 Å². The van der Waals surface area contributed by atoms with Crippen LogP contribution in [0.3, 0.4) is 0 Å². The molecule has 0 aliphatic carbocycles. The molecule has 19 heavy (non-hydrogen) atoms. The Hall–Kier alpha value is -0.900. The molecule has 104 valence electrons. The molecule has 0 saturated carbocycles. The van der Waals surface area contributed by atoms with Crippen LogP contribution in [0.4, 0.5) is 0 Å². The molecule has 1 aromatic rings. The van der Waals surface area contributed by atoms with Gasteiger partial charge < -0.3 is 15.2 Å². The number of nitrogens with one attached hydrogen (secondary N) is 1. The van der Waals surface area contributed by atoms with Gasteiger partial charge in [0.25, 0.3) is 0 Å². The van der Waals surface area contributed by atoms with Gasteiger partial charge in [0.15, 0.2) is 0 Å². The van der Waals surface area contributed by atoms with Crippen LogP contribution in [0.2, 0.25) is 0 Å². The van der Waals surface area contributed by atoms with Crippen LogP contribution in [0, 0.1) is 0 Å². The second-order valence-electron chi connectivity index (χ2n) is 5.98. The van der Waals surface area contributed by atoms with E-state index in [1.165, 1.54) is 5.56 Å². The molecule has 2 unspecified atom stereocenters. The number of aryl methyl sites for hydroxylation is 1. The Bertz CT molecular complexity index is 417. The fraction of sp³-hybridized carbons (Fsp3) is 0.625. The lowest BCUT2D eigenvalue weighted by molar-refractivity contribution is -0.0802. The number of hydrogen-bond acceptors (Lipinski definition) is 3. The number of rotatable bonds is 3. The quantitative estimate of drug-likeness (QED) is 0.874. The maximum atomic E-state index is 11.0. The van der Waals surface area contributed by atoms with E-state index in [0.29, 0.717) is 13.2 Å². The van der Waals surface area contributed by atoms with E-state index in [-0.39, 0.29) is 12.1 Å². The first-order valence-electron chi connectivity index (χ1n) is 7.35. The molecule has 0 radical (unpaired) electrons. The maximum Gasteiger partial charge on any atom is 0.0927 e. The number of morpholine rings is 1. The van der Waals surface area contributed by atoms with Crippen molar-refractivity contribution < 1.29 is 9.84 Å². The van der Waals surface area contributed by atoms with E-state index in [0.717, 1.165) is 31.2 Å². The minimum atomic E-state index is -0.685. The molecule has 2 aliphatic rings. The highest BCUT2D eigenvalue weighted by Gasteiger charge is 2.42. The average molecular weight is 261 g/mol.